The molecule has 0 saturated carbocycles. The molecule has 0 unspecified atom stereocenters. The van der Waals surface area contributed by atoms with Crippen molar-refractivity contribution in [2.45, 2.75) is 43.7 Å². The Morgan fingerprint density at radius 1 is 1.15 bits per heavy atom. The summed E-state index contributed by atoms with van der Waals surface area (Å²) in [5.41, 5.74) is -0.141. The van der Waals surface area contributed by atoms with E-state index in [1.807, 2.05) is 0 Å². The number of rotatable bonds is 7. The molecular weight excluding hydrogens is 441 g/mol. The van der Waals surface area contributed by atoms with Crippen molar-refractivity contribution in [1.29, 1.82) is 0 Å². The van der Waals surface area contributed by atoms with Crippen LogP contribution in [0, 0.1) is 0 Å². The molecule has 4 N–H and O–H groups in total. The maximum Gasteiger partial charge on any atom is 0.416 e. The lowest BCUT2D eigenvalue weighted by Crippen LogP contribution is -2.51. The minimum atomic E-state index is -4.44. The number of urea groups is 1. The summed E-state index contributed by atoms with van der Waals surface area (Å²) in [4.78, 5) is 28.2. The average Bonchev–Trinajstić information content (AvgIpc) is 2.80. The molecule has 2 aromatic rings. The molecule has 3 rings (SSSR count). The molecule has 178 valence electrons. The number of benzene rings is 1. The third-order valence-corrected chi connectivity index (χ3v) is 5.26. The van der Waals surface area contributed by atoms with Crippen molar-refractivity contribution in [3.8, 4) is 0 Å². The molecule has 1 aromatic carbocycles. The lowest BCUT2D eigenvalue weighted by Gasteiger charge is -2.36. The van der Waals surface area contributed by atoms with Crippen molar-refractivity contribution >= 4 is 17.6 Å². The van der Waals surface area contributed by atoms with Crippen LogP contribution in [0.15, 0.2) is 48.8 Å². The van der Waals surface area contributed by atoms with Crippen molar-refractivity contribution in [3.63, 3.8) is 0 Å². The fourth-order valence-electron chi connectivity index (χ4n) is 3.52. The minimum absolute atomic E-state index is 0.222. The summed E-state index contributed by atoms with van der Waals surface area (Å²) in [6.45, 7) is -0.00167. The van der Waals surface area contributed by atoms with Crippen LogP contribution in [0.1, 0.15) is 35.2 Å². The third kappa shape index (κ3) is 7.16. The van der Waals surface area contributed by atoms with Crippen molar-refractivity contribution < 1.29 is 32.6 Å². The number of nitrogens with one attached hydrogen (secondary N) is 3. The molecule has 33 heavy (non-hydrogen) atoms. The molecule has 2 heterocycles. The number of aliphatic hydroxyl groups excluding tert-OH is 1. The first-order chi connectivity index (χ1) is 15.8. The van der Waals surface area contributed by atoms with E-state index in [2.05, 4.69) is 20.9 Å². The number of aromatic nitrogens is 1. The number of carbonyl (C=O) groups excluding carboxylic acids is 2. The summed E-state index contributed by atoms with van der Waals surface area (Å²) in [6, 6.07) is 6.54. The average molecular weight is 466 g/mol. The van der Waals surface area contributed by atoms with E-state index >= 15 is 0 Å². The number of alkyl halides is 3. The molecule has 0 aliphatic carbocycles. The predicted octanol–water partition coefficient (Wildman–Crippen LogP) is 2.95. The van der Waals surface area contributed by atoms with E-state index < -0.39 is 23.9 Å². The second-order valence-corrected chi connectivity index (χ2v) is 7.62. The highest BCUT2D eigenvalue weighted by atomic mass is 19.4. The first kappa shape index (κ1) is 24.5. The van der Waals surface area contributed by atoms with Crippen molar-refractivity contribution in [3.05, 3.63) is 59.9 Å². The predicted molar refractivity (Wildman–Crippen MR) is 114 cm³/mol. The molecule has 3 amide bonds. The van der Waals surface area contributed by atoms with Crippen molar-refractivity contribution in [2.24, 2.45) is 0 Å². The van der Waals surface area contributed by atoms with Gasteiger partial charge in [0.1, 0.15) is 6.10 Å². The molecule has 1 saturated heterocycles. The topological polar surface area (TPSA) is 113 Å². The summed E-state index contributed by atoms with van der Waals surface area (Å²) in [7, 11) is 0. The molecule has 11 heteroatoms. The van der Waals surface area contributed by atoms with Crippen LogP contribution in [0.4, 0.5) is 23.7 Å². The van der Waals surface area contributed by atoms with E-state index in [0.29, 0.717) is 24.8 Å². The molecule has 0 spiro atoms. The van der Waals surface area contributed by atoms with Gasteiger partial charge < -0.3 is 25.8 Å². The van der Waals surface area contributed by atoms with E-state index in [4.69, 9.17) is 4.74 Å². The first-order valence-electron chi connectivity index (χ1n) is 10.5. The number of carbonyl (C=O) groups is 2. The zero-order valence-electron chi connectivity index (χ0n) is 17.6. The van der Waals surface area contributed by atoms with Gasteiger partial charge in [-0.1, -0.05) is 0 Å². The van der Waals surface area contributed by atoms with Gasteiger partial charge in [0.15, 0.2) is 0 Å². The number of anilines is 1. The summed E-state index contributed by atoms with van der Waals surface area (Å²) >= 11 is 0. The maximum atomic E-state index is 12.6. The van der Waals surface area contributed by atoms with Crippen molar-refractivity contribution in [2.75, 3.05) is 18.5 Å². The quantitative estimate of drug-likeness (QED) is 0.501. The largest absolute Gasteiger partial charge is 0.416 e. The van der Waals surface area contributed by atoms with Crippen molar-refractivity contribution in [1.82, 2.24) is 15.6 Å². The highest BCUT2D eigenvalue weighted by molar-refractivity contribution is 5.94. The van der Waals surface area contributed by atoms with Gasteiger partial charge >= 0.3 is 12.2 Å². The van der Waals surface area contributed by atoms with Crippen LogP contribution in [-0.2, 0) is 10.9 Å². The Morgan fingerprint density at radius 3 is 2.55 bits per heavy atom. The van der Waals surface area contributed by atoms with E-state index in [1.165, 1.54) is 18.3 Å². The molecule has 1 aliphatic heterocycles. The van der Waals surface area contributed by atoms with E-state index in [0.717, 1.165) is 12.1 Å². The summed E-state index contributed by atoms with van der Waals surface area (Å²) in [5, 5.41) is 17.6. The molecule has 0 radical (unpaired) electrons. The molecule has 0 bridgehead atoms. The zero-order valence-corrected chi connectivity index (χ0v) is 17.6. The Hall–Kier alpha value is -3.18. The minimum Gasteiger partial charge on any atom is -0.394 e. The van der Waals surface area contributed by atoms with Crippen LogP contribution < -0.4 is 16.0 Å². The third-order valence-electron chi connectivity index (χ3n) is 5.26. The second-order valence-electron chi connectivity index (χ2n) is 7.62. The van der Waals surface area contributed by atoms with Gasteiger partial charge in [-0.2, -0.15) is 13.2 Å². The Labute approximate surface area is 188 Å². The standard InChI is InChI=1S/C22H25F3N4O4/c23-22(24,25)15-3-5-16(6-4-15)28-21(32)27-11-9-17-7-8-18(19(13-30)33-17)29-20(31)14-2-1-10-26-12-14/h1-6,10,12,17-19,30H,7-9,11,13H2,(H,29,31)(H2,27,28,32)/t17-,18+,19+/m0/s1. The molecular formula is C22H25F3N4O4. The van der Waals surface area contributed by atoms with Gasteiger partial charge in [0, 0.05) is 24.6 Å². The van der Waals surface area contributed by atoms with Gasteiger partial charge in [0.25, 0.3) is 5.91 Å². The Morgan fingerprint density at radius 2 is 1.91 bits per heavy atom. The number of nitrogens with zero attached hydrogens (tertiary/aromatic N) is 1. The zero-order chi connectivity index (χ0) is 23.8. The fraction of sp³-hybridized carbons (Fsp3) is 0.409. The van der Waals surface area contributed by atoms with Crippen LogP contribution in [0.25, 0.3) is 0 Å². The fourth-order valence-corrected chi connectivity index (χ4v) is 3.52. The van der Waals surface area contributed by atoms with Crippen LogP contribution in [0.2, 0.25) is 0 Å². The normalized spacial score (nSPS) is 20.7. The Kier molecular flexibility index (Phi) is 8.23. The SMILES string of the molecule is O=C(NCC[C@@H]1CC[C@@H](NC(=O)c2cccnc2)[C@@H](CO)O1)Nc1ccc(C(F)(F)F)cc1. The number of ether oxygens (including phenoxy) is 1. The lowest BCUT2D eigenvalue weighted by atomic mass is 9.97. The number of amides is 3. The number of hydrogen-bond donors (Lipinski definition) is 4. The molecule has 3 atom stereocenters. The van der Waals surface area contributed by atoms with Gasteiger partial charge in [-0.25, -0.2) is 4.79 Å². The van der Waals surface area contributed by atoms with Gasteiger partial charge in [-0.3, -0.25) is 9.78 Å². The molecule has 1 fully saturated rings. The second kappa shape index (κ2) is 11.1. The van der Waals surface area contributed by atoms with Crippen LogP contribution in [0.5, 0.6) is 0 Å². The number of hydrogen-bond acceptors (Lipinski definition) is 5. The van der Waals surface area contributed by atoms with Crippen LogP contribution >= 0.6 is 0 Å². The molecule has 1 aromatic heterocycles. The summed E-state index contributed by atoms with van der Waals surface area (Å²) < 4.78 is 43.6. The number of pyridine rings is 1. The first-order valence-corrected chi connectivity index (χ1v) is 10.5. The highest BCUT2D eigenvalue weighted by Gasteiger charge is 2.32. The van der Waals surface area contributed by atoms with E-state index in [-0.39, 0.29) is 36.9 Å². The molecule has 8 nitrogen and oxygen atoms in total. The van der Waals surface area contributed by atoms with E-state index in [9.17, 15) is 27.9 Å². The van der Waals surface area contributed by atoms with E-state index in [1.54, 1.807) is 18.3 Å². The smallest absolute Gasteiger partial charge is 0.394 e. The van der Waals surface area contributed by atoms with Gasteiger partial charge in [-0.15, -0.1) is 0 Å². The van der Waals surface area contributed by atoms with Gasteiger partial charge in [0.2, 0.25) is 0 Å². The number of aliphatic hydroxyl groups is 1. The molecule has 1 aliphatic rings. The van der Waals surface area contributed by atoms with Gasteiger partial charge in [0.05, 0.1) is 29.9 Å². The Bertz CT molecular complexity index is 925. The van der Waals surface area contributed by atoms with Crippen LogP contribution in [0.3, 0.4) is 0 Å². The lowest BCUT2D eigenvalue weighted by molar-refractivity contribution is -0.137. The summed E-state index contributed by atoms with van der Waals surface area (Å²) in [5.74, 6) is -0.296. The highest BCUT2D eigenvalue weighted by Crippen LogP contribution is 2.29. The summed E-state index contributed by atoms with van der Waals surface area (Å²) in [6.07, 6.45) is -0.522. The monoisotopic (exact) mass is 466 g/mol. The van der Waals surface area contributed by atoms with Crippen LogP contribution in [-0.4, -0.2) is 53.4 Å². The Balaban J connectivity index is 1.40. The maximum absolute atomic E-state index is 12.6. The number of halogens is 3. The van der Waals surface area contributed by atoms with Gasteiger partial charge in [-0.05, 0) is 55.7 Å².